The van der Waals surface area contributed by atoms with Crippen LogP contribution < -0.4 is 0 Å². The molecule has 10 aromatic carbocycles. The first-order valence-corrected chi connectivity index (χ1v) is 23.3. The van der Waals surface area contributed by atoms with E-state index in [1.807, 2.05) is 24.7 Å². The monoisotopic (exact) mass is 851 g/mol. The Bertz CT molecular complexity index is 4210. The minimum Gasteiger partial charge on any atom is -0.308 e. The first-order chi connectivity index (χ1) is 33.2. The lowest BCUT2D eigenvalue weighted by Crippen LogP contribution is -2.02. The first kappa shape index (κ1) is 37.7. The van der Waals surface area contributed by atoms with Crippen LogP contribution in [0, 0.1) is 0 Å². The van der Waals surface area contributed by atoms with Gasteiger partial charge in [-0.05, 0) is 160 Å². The van der Waals surface area contributed by atoms with E-state index in [1.165, 1.54) is 92.9 Å². The average Bonchev–Trinajstić information content (AvgIpc) is 3.73. The molecule has 0 bridgehead atoms. The molecule has 13 aromatic rings. The molecule has 0 aliphatic heterocycles. The Labute approximate surface area is 387 Å². The largest absolute Gasteiger partial charge is 0.308 e. The molecule has 0 saturated carbocycles. The second kappa shape index (κ2) is 14.9. The number of benzene rings is 10. The fraction of sp³-hybridized carbons (Fsp3) is 0.0312. The van der Waals surface area contributed by atoms with Crippen LogP contribution in [0.5, 0.6) is 0 Å². The van der Waals surface area contributed by atoms with E-state index in [0.29, 0.717) is 0 Å². The molecule has 3 heterocycles. The summed E-state index contributed by atoms with van der Waals surface area (Å²) in [5.41, 5.74) is 15.4. The number of rotatable bonds is 5. The van der Waals surface area contributed by atoms with Gasteiger partial charge >= 0.3 is 0 Å². The summed E-state index contributed by atoms with van der Waals surface area (Å²) in [5.74, 6) is 0. The lowest BCUT2D eigenvalue weighted by molar-refractivity contribution is 0.985. The van der Waals surface area contributed by atoms with Gasteiger partial charge in [-0.2, -0.15) is 0 Å². The fourth-order valence-electron chi connectivity index (χ4n) is 11.3. The third-order valence-corrected chi connectivity index (χ3v) is 14.3. The molecular formula is C64H41N3. The summed E-state index contributed by atoms with van der Waals surface area (Å²) in [4.78, 5) is 9.66. The van der Waals surface area contributed by atoms with Crippen LogP contribution in [0.3, 0.4) is 0 Å². The minimum atomic E-state index is 0.931. The standard InChI is InChI=1S/C64H41N3/c1-3-14-42-34-47(25-23-40(42)12-1)61-53-21-9-10-22-54(53)62(48-26-24-41-13-2-4-15-43(41)35-48)56-36-44(27-29-55(56)61)45-28-30-58-57(37-45)63-59(31-33-66-64(63)49-17-11-32-65-39-49)67(58)60-38-46-16-5-6-18-50(46)51-19-7-8-20-52(51)60/h1-4,6-15,17-39H,5,16H2. The van der Waals surface area contributed by atoms with Crippen molar-refractivity contribution in [1.29, 1.82) is 0 Å². The van der Waals surface area contributed by atoms with Crippen molar-refractivity contribution in [2.75, 3.05) is 0 Å². The Morgan fingerprint density at radius 3 is 1.73 bits per heavy atom. The third kappa shape index (κ3) is 5.91. The molecule has 0 unspecified atom stereocenters. The number of pyridine rings is 2. The van der Waals surface area contributed by atoms with E-state index in [9.17, 15) is 0 Å². The molecule has 0 spiro atoms. The van der Waals surface area contributed by atoms with Gasteiger partial charge in [0, 0.05) is 40.3 Å². The maximum absolute atomic E-state index is 5.10. The Kier molecular flexibility index (Phi) is 8.41. The Balaban J connectivity index is 1.06. The molecule has 0 atom stereocenters. The molecule has 3 aromatic heterocycles. The average molecular weight is 852 g/mol. The lowest BCUT2D eigenvalue weighted by atomic mass is 9.84. The number of hydrogen-bond acceptors (Lipinski definition) is 2. The van der Waals surface area contributed by atoms with E-state index in [1.54, 1.807) is 0 Å². The molecule has 1 aliphatic rings. The maximum atomic E-state index is 5.10. The third-order valence-electron chi connectivity index (χ3n) is 14.3. The second-order valence-corrected chi connectivity index (χ2v) is 18.0. The van der Waals surface area contributed by atoms with E-state index in [0.717, 1.165) is 57.0 Å². The van der Waals surface area contributed by atoms with Crippen molar-refractivity contribution in [3.05, 3.63) is 230 Å². The van der Waals surface area contributed by atoms with Crippen LogP contribution in [-0.2, 0) is 6.42 Å². The topological polar surface area (TPSA) is 30.7 Å². The van der Waals surface area contributed by atoms with Gasteiger partial charge in [-0.3, -0.25) is 9.97 Å². The highest BCUT2D eigenvalue weighted by Gasteiger charge is 2.23. The fourth-order valence-corrected chi connectivity index (χ4v) is 11.3. The Hall–Kier alpha value is -8.66. The molecule has 0 N–H and O–H groups in total. The predicted octanol–water partition coefficient (Wildman–Crippen LogP) is 17.0. The molecule has 0 fully saturated rings. The van der Waals surface area contributed by atoms with E-state index < -0.39 is 0 Å². The van der Waals surface area contributed by atoms with Crippen molar-refractivity contribution < 1.29 is 0 Å². The van der Waals surface area contributed by atoms with Crippen LogP contribution in [0.15, 0.2) is 219 Å². The summed E-state index contributed by atoms with van der Waals surface area (Å²) < 4.78 is 2.48. The van der Waals surface area contributed by atoms with Gasteiger partial charge in [0.05, 0.1) is 22.4 Å². The highest BCUT2D eigenvalue weighted by Crippen LogP contribution is 2.47. The summed E-state index contributed by atoms with van der Waals surface area (Å²) >= 11 is 0. The van der Waals surface area contributed by atoms with Crippen molar-refractivity contribution in [2.24, 2.45) is 0 Å². The zero-order valence-electron chi connectivity index (χ0n) is 36.6. The second-order valence-electron chi connectivity index (χ2n) is 18.0. The normalized spacial score (nSPS) is 12.6. The zero-order chi connectivity index (χ0) is 44.0. The molecule has 14 rings (SSSR count). The highest BCUT2D eigenvalue weighted by molar-refractivity contribution is 6.23. The van der Waals surface area contributed by atoms with Gasteiger partial charge in [0.2, 0.25) is 0 Å². The Morgan fingerprint density at radius 2 is 1.01 bits per heavy atom. The predicted molar refractivity (Wildman–Crippen MR) is 283 cm³/mol. The van der Waals surface area contributed by atoms with Crippen molar-refractivity contribution in [3.63, 3.8) is 0 Å². The van der Waals surface area contributed by atoms with Gasteiger partial charge in [-0.25, -0.2) is 0 Å². The van der Waals surface area contributed by atoms with E-state index in [4.69, 9.17) is 4.98 Å². The number of aryl methyl sites for hydroxylation is 1. The van der Waals surface area contributed by atoms with Crippen LogP contribution in [0.4, 0.5) is 0 Å². The number of aromatic nitrogens is 3. The minimum absolute atomic E-state index is 0.931. The SMILES string of the molecule is C1=Cc2c(cc(-n3c4ccc(-c5ccc6c(-c7ccc8ccccc8c7)c7ccccc7c(-c7ccc8ccccc8c7)c6c5)cc4c4c(-c5cccnc5)nccc43)c3ccccc23)CC1. The van der Waals surface area contributed by atoms with Gasteiger partial charge in [0.25, 0.3) is 0 Å². The molecule has 67 heavy (non-hydrogen) atoms. The molecule has 1 aliphatic carbocycles. The van der Waals surface area contributed by atoms with Crippen molar-refractivity contribution in [1.82, 2.24) is 14.5 Å². The molecule has 0 saturated heterocycles. The summed E-state index contributed by atoms with van der Waals surface area (Å²) in [6, 6.07) is 72.0. The molecule has 3 nitrogen and oxygen atoms in total. The summed E-state index contributed by atoms with van der Waals surface area (Å²) in [6.45, 7) is 0. The zero-order valence-corrected chi connectivity index (χ0v) is 36.6. The lowest BCUT2D eigenvalue weighted by Gasteiger charge is -2.19. The molecule has 0 radical (unpaired) electrons. The van der Waals surface area contributed by atoms with E-state index in [-0.39, 0.29) is 0 Å². The van der Waals surface area contributed by atoms with Gasteiger partial charge in [0.15, 0.2) is 0 Å². The number of allylic oxidation sites excluding steroid dienone is 1. The molecule has 0 amide bonds. The van der Waals surface area contributed by atoms with Crippen LogP contribution in [0.1, 0.15) is 17.5 Å². The van der Waals surface area contributed by atoms with Crippen LogP contribution in [0.2, 0.25) is 0 Å². The van der Waals surface area contributed by atoms with E-state index >= 15 is 0 Å². The van der Waals surface area contributed by atoms with Gasteiger partial charge in [-0.1, -0.05) is 152 Å². The quantitative estimate of drug-likeness (QED) is 0.162. The molecule has 3 heteroatoms. The van der Waals surface area contributed by atoms with Crippen molar-refractivity contribution >= 4 is 81.7 Å². The molecular weight excluding hydrogens is 811 g/mol. The highest BCUT2D eigenvalue weighted by atomic mass is 15.0. The first-order valence-electron chi connectivity index (χ1n) is 23.3. The number of hydrogen-bond donors (Lipinski definition) is 0. The summed E-state index contributed by atoms with van der Waals surface area (Å²) in [7, 11) is 0. The van der Waals surface area contributed by atoms with Gasteiger partial charge in [-0.15, -0.1) is 0 Å². The van der Waals surface area contributed by atoms with Crippen molar-refractivity contribution in [2.45, 2.75) is 12.8 Å². The van der Waals surface area contributed by atoms with Gasteiger partial charge < -0.3 is 4.57 Å². The summed E-state index contributed by atoms with van der Waals surface area (Å²) in [5, 5.41) is 14.7. The maximum Gasteiger partial charge on any atom is 0.0817 e. The van der Waals surface area contributed by atoms with Crippen LogP contribution in [-0.4, -0.2) is 14.5 Å². The molecule has 312 valence electrons. The van der Waals surface area contributed by atoms with Crippen LogP contribution in [0.25, 0.3) is 132 Å². The number of nitrogens with zero attached hydrogens (tertiary/aromatic N) is 3. The summed E-state index contributed by atoms with van der Waals surface area (Å²) in [6.07, 6.45) is 12.4. The van der Waals surface area contributed by atoms with E-state index in [2.05, 4.69) is 210 Å². The number of fused-ring (bicyclic) bond motifs is 10. The smallest absolute Gasteiger partial charge is 0.0817 e. The van der Waals surface area contributed by atoms with Crippen LogP contribution >= 0.6 is 0 Å². The Morgan fingerprint density at radius 1 is 0.403 bits per heavy atom. The van der Waals surface area contributed by atoms with Crippen molar-refractivity contribution in [3.8, 4) is 50.3 Å². The van der Waals surface area contributed by atoms with Gasteiger partial charge in [0.1, 0.15) is 0 Å².